The van der Waals surface area contributed by atoms with Crippen molar-refractivity contribution < 1.29 is 4.79 Å². The SMILES string of the molecule is Cc1nc2n(c(=O)c1C)C(CC(=O)N1CCN(c3cccc(Cl)c3)CC1)CS2. The number of aryl methyl sites for hydroxylation is 1. The minimum atomic E-state index is -0.113. The molecule has 2 aliphatic rings. The molecule has 1 unspecified atom stereocenters. The van der Waals surface area contributed by atoms with Gasteiger partial charge in [-0.2, -0.15) is 0 Å². The van der Waals surface area contributed by atoms with E-state index in [2.05, 4.69) is 9.88 Å². The van der Waals surface area contributed by atoms with Crippen molar-refractivity contribution in [2.75, 3.05) is 36.8 Å². The van der Waals surface area contributed by atoms with Gasteiger partial charge in [-0.3, -0.25) is 14.2 Å². The summed E-state index contributed by atoms with van der Waals surface area (Å²) in [6, 6.07) is 7.69. The van der Waals surface area contributed by atoms with E-state index in [-0.39, 0.29) is 17.5 Å². The van der Waals surface area contributed by atoms with Crippen molar-refractivity contribution in [2.24, 2.45) is 0 Å². The van der Waals surface area contributed by atoms with Crippen LogP contribution in [0.5, 0.6) is 0 Å². The molecule has 8 heteroatoms. The molecule has 0 N–H and O–H groups in total. The van der Waals surface area contributed by atoms with E-state index >= 15 is 0 Å². The molecule has 28 heavy (non-hydrogen) atoms. The summed E-state index contributed by atoms with van der Waals surface area (Å²) in [5.74, 6) is 0.827. The van der Waals surface area contributed by atoms with Crippen molar-refractivity contribution in [3.63, 3.8) is 0 Å². The number of piperazine rings is 1. The zero-order chi connectivity index (χ0) is 19.8. The average Bonchev–Trinajstić information content (AvgIpc) is 3.08. The third-order valence-corrected chi connectivity index (χ3v) is 6.87. The van der Waals surface area contributed by atoms with Gasteiger partial charge in [0, 0.05) is 60.3 Å². The van der Waals surface area contributed by atoms with Crippen LogP contribution in [-0.2, 0) is 4.79 Å². The summed E-state index contributed by atoms with van der Waals surface area (Å²) in [4.78, 5) is 34.2. The first-order chi connectivity index (χ1) is 13.4. The molecule has 1 saturated heterocycles. The topological polar surface area (TPSA) is 58.4 Å². The summed E-state index contributed by atoms with van der Waals surface area (Å²) < 4.78 is 1.72. The van der Waals surface area contributed by atoms with Gasteiger partial charge in [-0.15, -0.1) is 0 Å². The van der Waals surface area contributed by atoms with Crippen molar-refractivity contribution in [3.8, 4) is 0 Å². The van der Waals surface area contributed by atoms with Crippen molar-refractivity contribution >= 4 is 35.0 Å². The summed E-state index contributed by atoms with van der Waals surface area (Å²) in [6.07, 6.45) is 0.348. The van der Waals surface area contributed by atoms with E-state index in [1.807, 2.05) is 36.1 Å². The van der Waals surface area contributed by atoms with E-state index in [1.54, 1.807) is 23.3 Å². The van der Waals surface area contributed by atoms with Crippen LogP contribution < -0.4 is 10.5 Å². The second-order valence-corrected chi connectivity index (χ2v) is 8.72. The molecule has 0 radical (unpaired) electrons. The number of hydrogen-bond donors (Lipinski definition) is 0. The molecule has 1 atom stereocenters. The summed E-state index contributed by atoms with van der Waals surface area (Å²) in [5.41, 5.74) is 2.51. The number of carbonyl (C=O) groups is 1. The van der Waals surface area contributed by atoms with E-state index in [4.69, 9.17) is 11.6 Å². The highest BCUT2D eigenvalue weighted by Gasteiger charge is 2.31. The number of anilines is 1. The first-order valence-electron chi connectivity index (χ1n) is 9.45. The highest BCUT2D eigenvalue weighted by molar-refractivity contribution is 7.99. The van der Waals surface area contributed by atoms with Crippen LogP contribution in [-0.4, -0.2) is 52.3 Å². The van der Waals surface area contributed by atoms with Crippen LogP contribution in [0.1, 0.15) is 23.7 Å². The Bertz CT molecular complexity index is 969. The molecule has 1 amide bonds. The Balaban J connectivity index is 1.40. The molecule has 0 aliphatic carbocycles. The van der Waals surface area contributed by atoms with Crippen LogP contribution in [0, 0.1) is 13.8 Å². The number of thioether (sulfide) groups is 1. The summed E-state index contributed by atoms with van der Waals surface area (Å²) >= 11 is 7.65. The Labute approximate surface area is 173 Å². The van der Waals surface area contributed by atoms with E-state index in [0.29, 0.717) is 25.1 Å². The second kappa shape index (κ2) is 7.79. The maximum atomic E-state index is 12.9. The predicted octanol–water partition coefficient (Wildman–Crippen LogP) is 2.90. The molecule has 3 heterocycles. The van der Waals surface area contributed by atoms with Crippen LogP contribution in [0.15, 0.2) is 34.2 Å². The molecule has 6 nitrogen and oxygen atoms in total. The van der Waals surface area contributed by atoms with Crippen molar-refractivity contribution in [1.82, 2.24) is 14.5 Å². The zero-order valence-corrected chi connectivity index (χ0v) is 17.6. The smallest absolute Gasteiger partial charge is 0.257 e. The second-order valence-electron chi connectivity index (χ2n) is 7.30. The third-order valence-electron chi connectivity index (χ3n) is 5.54. The van der Waals surface area contributed by atoms with Gasteiger partial charge in [0.15, 0.2) is 5.16 Å². The van der Waals surface area contributed by atoms with E-state index in [0.717, 1.165) is 40.4 Å². The average molecular weight is 419 g/mol. The molecule has 2 aliphatic heterocycles. The number of hydrogen-bond acceptors (Lipinski definition) is 5. The number of halogens is 1. The number of fused-ring (bicyclic) bond motifs is 1. The van der Waals surface area contributed by atoms with Gasteiger partial charge in [0.25, 0.3) is 5.56 Å². The highest BCUT2D eigenvalue weighted by atomic mass is 35.5. The fourth-order valence-electron chi connectivity index (χ4n) is 3.74. The van der Waals surface area contributed by atoms with Crippen molar-refractivity contribution in [2.45, 2.75) is 31.5 Å². The van der Waals surface area contributed by atoms with Gasteiger partial charge in [-0.1, -0.05) is 29.4 Å². The lowest BCUT2D eigenvalue weighted by Crippen LogP contribution is -2.49. The molecule has 0 bridgehead atoms. The monoisotopic (exact) mass is 418 g/mol. The van der Waals surface area contributed by atoms with Crippen LogP contribution in [0.2, 0.25) is 5.02 Å². The minimum absolute atomic E-state index is 0.0175. The first-order valence-corrected chi connectivity index (χ1v) is 10.8. The zero-order valence-electron chi connectivity index (χ0n) is 16.0. The molecule has 2 aromatic rings. The van der Waals surface area contributed by atoms with Gasteiger partial charge >= 0.3 is 0 Å². The fourth-order valence-corrected chi connectivity index (χ4v) is 5.11. The number of benzene rings is 1. The van der Waals surface area contributed by atoms with E-state index in [1.165, 1.54) is 0 Å². The normalized spacial score (nSPS) is 19.0. The standard InChI is InChI=1S/C20H23ClN4O2S/c1-13-14(2)22-20-25(19(13)27)17(12-28-20)11-18(26)24-8-6-23(7-9-24)16-5-3-4-15(21)10-16/h3-5,10,17H,6-9,11-12H2,1-2H3. The summed E-state index contributed by atoms with van der Waals surface area (Å²) in [5, 5.41) is 1.45. The van der Waals surface area contributed by atoms with Gasteiger partial charge in [0.05, 0.1) is 6.04 Å². The van der Waals surface area contributed by atoms with Gasteiger partial charge in [-0.05, 0) is 32.0 Å². The number of amides is 1. The molecule has 4 rings (SSSR count). The fraction of sp³-hybridized carbons (Fsp3) is 0.450. The highest BCUT2D eigenvalue weighted by Crippen LogP contribution is 2.33. The number of carbonyl (C=O) groups excluding carboxylic acids is 1. The minimum Gasteiger partial charge on any atom is -0.368 e. The maximum Gasteiger partial charge on any atom is 0.257 e. The van der Waals surface area contributed by atoms with Crippen LogP contribution >= 0.6 is 23.4 Å². The van der Waals surface area contributed by atoms with E-state index < -0.39 is 0 Å². The van der Waals surface area contributed by atoms with Crippen molar-refractivity contribution in [1.29, 1.82) is 0 Å². The Morgan fingerprint density at radius 2 is 2.00 bits per heavy atom. The Hall–Kier alpha value is -1.99. The summed E-state index contributed by atoms with van der Waals surface area (Å²) in [6.45, 7) is 6.57. The lowest BCUT2D eigenvalue weighted by atomic mass is 10.1. The van der Waals surface area contributed by atoms with Gasteiger partial charge in [-0.25, -0.2) is 4.98 Å². The van der Waals surface area contributed by atoms with Gasteiger partial charge in [0.2, 0.25) is 5.91 Å². The molecule has 1 aromatic carbocycles. The molecule has 148 valence electrons. The molecule has 0 spiro atoms. The summed E-state index contributed by atoms with van der Waals surface area (Å²) in [7, 11) is 0. The van der Waals surface area contributed by atoms with Gasteiger partial charge in [0.1, 0.15) is 0 Å². The van der Waals surface area contributed by atoms with Crippen LogP contribution in [0.4, 0.5) is 5.69 Å². The lowest BCUT2D eigenvalue weighted by molar-refractivity contribution is -0.132. The lowest BCUT2D eigenvalue weighted by Gasteiger charge is -2.36. The van der Waals surface area contributed by atoms with Crippen LogP contribution in [0.3, 0.4) is 0 Å². The molecular weight excluding hydrogens is 396 g/mol. The Morgan fingerprint density at radius 3 is 2.71 bits per heavy atom. The number of nitrogens with zero attached hydrogens (tertiary/aromatic N) is 4. The quantitative estimate of drug-likeness (QED) is 0.717. The molecule has 0 saturated carbocycles. The Kier molecular flexibility index (Phi) is 5.38. The number of aromatic nitrogens is 2. The predicted molar refractivity (Wildman–Crippen MR) is 113 cm³/mol. The third kappa shape index (κ3) is 3.65. The Morgan fingerprint density at radius 1 is 1.25 bits per heavy atom. The van der Waals surface area contributed by atoms with Gasteiger partial charge < -0.3 is 9.80 Å². The molecule has 1 aromatic heterocycles. The van der Waals surface area contributed by atoms with E-state index in [9.17, 15) is 9.59 Å². The number of rotatable bonds is 3. The first kappa shape index (κ1) is 19.3. The molecular formula is C20H23ClN4O2S. The molecule has 1 fully saturated rings. The largest absolute Gasteiger partial charge is 0.368 e. The maximum absolute atomic E-state index is 12.9. The van der Waals surface area contributed by atoms with Crippen molar-refractivity contribution in [3.05, 3.63) is 50.9 Å². The van der Waals surface area contributed by atoms with Crippen LogP contribution in [0.25, 0.3) is 0 Å².